The molecule has 0 atom stereocenters. The second-order valence-corrected chi connectivity index (χ2v) is 4.71. The molecule has 0 N–H and O–H groups in total. The molecule has 0 fully saturated rings. The summed E-state index contributed by atoms with van der Waals surface area (Å²) < 4.78 is 10.1. The van der Waals surface area contributed by atoms with E-state index in [2.05, 4.69) is 6.92 Å². The van der Waals surface area contributed by atoms with E-state index in [4.69, 9.17) is 9.47 Å². The second-order valence-electron chi connectivity index (χ2n) is 4.71. The Labute approximate surface area is 116 Å². The molecule has 4 heteroatoms. The number of rotatable bonds is 12. The van der Waals surface area contributed by atoms with Crippen molar-refractivity contribution < 1.29 is 19.1 Å². The summed E-state index contributed by atoms with van der Waals surface area (Å²) in [5, 5.41) is 0. The molecule has 0 saturated carbocycles. The molecule has 0 unspecified atom stereocenters. The minimum atomic E-state index is -0.135. The van der Waals surface area contributed by atoms with Crippen molar-refractivity contribution in [2.45, 2.75) is 71.6 Å². The quantitative estimate of drug-likeness (QED) is 0.402. The Hall–Kier alpha value is -1.06. The molecule has 0 aromatic heterocycles. The molecule has 0 aliphatic heterocycles. The molecule has 0 heterocycles. The topological polar surface area (TPSA) is 52.6 Å². The van der Waals surface area contributed by atoms with Crippen LogP contribution >= 0.6 is 0 Å². The van der Waals surface area contributed by atoms with E-state index in [1.54, 1.807) is 0 Å². The molecule has 0 saturated heterocycles. The van der Waals surface area contributed by atoms with Gasteiger partial charge in [0.1, 0.15) is 0 Å². The summed E-state index contributed by atoms with van der Waals surface area (Å²) in [6.07, 6.45) is 7.38. The van der Waals surface area contributed by atoms with E-state index >= 15 is 0 Å². The first-order chi connectivity index (χ1) is 9.20. The third-order valence-electron chi connectivity index (χ3n) is 2.74. The molecule has 4 nitrogen and oxygen atoms in total. The van der Waals surface area contributed by atoms with Crippen LogP contribution in [0.2, 0.25) is 0 Å². The Bertz CT molecular complexity index is 238. The van der Waals surface area contributed by atoms with Crippen LogP contribution in [0, 0.1) is 0 Å². The summed E-state index contributed by atoms with van der Waals surface area (Å²) in [6.45, 7) is 5.13. The highest BCUT2D eigenvalue weighted by Crippen LogP contribution is 2.06. The van der Waals surface area contributed by atoms with Crippen LogP contribution in [-0.4, -0.2) is 25.2 Å². The van der Waals surface area contributed by atoms with E-state index in [-0.39, 0.29) is 11.9 Å². The summed E-state index contributed by atoms with van der Waals surface area (Å²) in [7, 11) is 0. The molecule has 0 spiro atoms. The van der Waals surface area contributed by atoms with Crippen molar-refractivity contribution in [1.29, 1.82) is 0 Å². The first kappa shape index (κ1) is 17.9. The molecular weight excluding hydrogens is 244 g/mol. The minimum absolute atomic E-state index is 0.121. The third-order valence-corrected chi connectivity index (χ3v) is 2.74. The fourth-order valence-electron chi connectivity index (χ4n) is 1.61. The van der Waals surface area contributed by atoms with Gasteiger partial charge in [0.15, 0.2) is 0 Å². The van der Waals surface area contributed by atoms with E-state index in [0.717, 1.165) is 44.9 Å². The summed E-state index contributed by atoms with van der Waals surface area (Å²) in [5.41, 5.74) is 0. The van der Waals surface area contributed by atoms with Crippen molar-refractivity contribution in [2.75, 3.05) is 13.2 Å². The number of hydrogen-bond acceptors (Lipinski definition) is 4. The van der Waals surface area contributed by atoms with Gasteiger partial charge in [-0.3, -0.25) is 9.59 Å². The van der Waals surface area contributed by atoms with Crippen molar-refractivity contribution >= 4 is 11.9 Å². The molecule has 0 aromatic carbocycles. The number of unbranched alkanes of at least 4 members (excludes halogenated alkanes) is 4. The van der Waals surface area contributed by atoms with Gasteiger partial charge in [-0.1, -0.05) is 33.1 Å². The zero-order valence-corrected chi connectivity index (χ0v) is 12.4. The number of carbonyl (C=O) groups is 2. The average Bonchev–Trinajstić information content (AvgIpc) is 2.41. The standard InChI is InChI=1S/C15H28O4/c1-3-5-9-13-19-15(17)11-8-6-7-10-14(16)18-12-4-2/h3-13H2,1-2H3. The summed E-state index contributed by atoms with van der Waals surface area (Å²) in [4.78, 5) is 22.5. The predicted molar refractivity (Wildman–Crippen MR) is 74.8 cm³/mol. The van der Waals surface area contributed by atoms with E-state index in [1.807, 2.05) is 6.92 Å². The van der Waals surface area contributed by atoms with Gasteiger partial charge in [-0.25, -0.2) is 0 Å². The third kappa shape index (κ3) is 13.2. The van der Waals surface area contributed by atoms with Crippen LogP contribution in [-0.2, 0) is 19.1 Å². The molecule has 0 aliphatic carbocycles. The summed E-state index contributed by atoms with van der Waals surface area (Å²) >= 11 is 0. The first-order valence-corrected chi connectivity index (χ1v) is 7.52. The molecule has 112 valence electrons. The lowest BCUT2D eigenvalue weighted by Gasteiger charge is -2.04. The minimum Gasteiger partial charge on any atom is -0.466 e. The highest BCUT2D eigenvalue weighted by Gasteiger charge is 2.04. The van der Waals surface area contributed by atoms with Gasteiger partial charge < -0.3 is 9.47 Å². The first-order valence-electron chi connectivity index (χ1n) is 7.52. The summed E-state index contributed by atoms with van der Waals surface area (Å²) in [6, 6.07) is 0. The number of ether oxygens (including phenoxy) is 2. The lowest BCUT2D eigenvalue weighted by atomic mass is 10.1. The molecule has 0 amide bonds. The highest BCUT2D eigenvalue weighted by molar-refractivity contribution is 5.69. The Morgan fingerprint density at radius 1 is 0.684 bits per heavy atom. The van der Waals surface area contributed by atoms with E-state index in [0.29, 0.717) is 26.1 Å². The van der Waals surface area contributed by atoms with Crippen LogP contribution in [0.3, 0.4) is 0 Å². The van der Waals surface area contributed by atoms with Crippen molar-refractivity contribution in [3.05, 3.63) is 0 Å². The molecule has 19 heavy (non-hydrogen) atoms. The van der Waals surface area contributed by atoms with Crippen molar-refractivity contribution in [3.63, 3.8) is 0 Å². The Morgan fingerprint density at radius 3 is 1.79 bits per heavy atom. The van der Waals surface area contributed by atoms with Crippen LogP contribution in [0.1, 0.15) is 71.6 Å². The van der Waals surface area contributed by atoms with Gasteiger partial charge in [0.2, 0.25) is 0 Å². The smallest absolute Gasteiger partial charge is 0.305 e. The zero-order valence-electron chi connectivity index (χ0n) is 12.4. The van der Waals surface area contributed by atoms with E-state index in [9.17, 15) is 9.59 Å². The average molecular weight is 272 g/mol. The highest BCUT2D eigenvalue weighted by atomic mass is 16.5. The maximum absolute atomic E-state index is 11.3. The predicted octanol–water partition coefficient (Wildman–Crippen LogP) is 3.62. The Morgan fingerprint density at radius 2 is 1.26 bits per heavy atom. The largest absolute Gasteiger partial charge is 0.466 e. The maximum atomic E-state index is 11.3. The molecule has 0 aromatic rings. The van der Waals surface area contributed by atoms with Crippen molar-refractivity contribution in [3.8, 4) is 0 Å². The summed E-state index contributed by atoms with van der Waals surface area (Å²) in [5.74, 6) is -0.256. The molecule has 0 bridgehead atoms. The van der Waals surface area contributed by atoms with Crippen LogP contribution in [0.4, 0.5) is 0 Å². The van der Waals surface area contributed by atoms with Gasteiger partial charge in [-0.05, 0) is 25.7 Å². The number of carbonyl (C=O) groups excluding carboxylic acids is 2. The fraction of sp³-hybridized carbons (Fsp3) is 0.867. The zero-order chi connectivity index (χ0) is 14.3. The number of hydrogen-bond donors (Lipinski definition) is 0. The van der Waals surface area contributed by atoms with Crippen molar-refractivity contribution in [1.82, 2.24) is 0 Å². The van der Waals surface area contributed by atoms with E-state index in [1.165, 1.54) is 0 Å². The van der Waals surface area contributed by atoms with Crippen molar-refractivity contribution in [2.24, 2.45) is 0 Å². The van der Waals surface area contributed by atoms with Gasteiger partial charge >= 0.3 is 11.9 Å². The Balaban J connectivity index is 3.29. The van der Waals surface area contributed by atoms with Gasteiger partial charge in [0.25, 0.3) is 0 Å². The maximum Gasteiger partial charge on any atom is 0.305 e. The lowest BCUT2D eigenvalue weighted by molar-refractivity contribution is -0.144. The van der Waals surface area contributed by atoms with Gasteiger partial charge in [-0.2, -0.15) is 0 Å². The molecule has 0 radical (unpaired) electrons. The van der Waals surface area contributed by atoms with Crippen LogP contribution in [0.15, 0.2) is 0 Å². The molecule has 0 rings (SSSR count). The fourth-order valence-corrected chi connectivity index (χ4v) is 1.61. The van der Waals surface area contributed by atoms with Gasteiger partial charge in [-0.15, -0.1) is 0 Å². The van der Waals surface area contributed by atoms with Crippen LogP contribution < -0.4 is 0 Å². The van der Waals surface area contributed by atoms with Crippen LogP contribution in [0.25, 0.3) is 0 Å². The SMILES string of the molecule is CCCCCOC(=O)CCCCCC(=O)OCCC. The lowest BCUT2D eigenvalue weighted by Crippen LogP contribution is -2.06. The monoisotopic (exact) mass is 272 g/mol. The molecular formula is C15H28O4. The van der Waals surface area contributed by atoms with Gasteiger partial charge in [0.05, 0.1) is 13.2 Å². The normalized spacial score (nSPS) is 10.2. The van der Waals surface area contributed by atoms with Gasteiger partial charge in [0, 0.05) is 12.8 Å². The van der Waals surface area contributed by atoms with Crippen LogP contribution in [0.5, 0.6) is 0 Å². The van der Waals surface area contributed by atoms with E-state index < -0.39 is 0 Å². The molecule has 0 aliphatic rings. The Kier molecular flexibility index (Phi) is 12.6. The second kappa shape index (κ2) is 13.4. The number of esters is 2.